The predicted octanol–water partition coefficient (Wildman–Crippen LogP) is 3.82. The number of amides is 2. The van der Waals surface area contributed by atoms with Gasteiger partial charge in [0.1, 0.15) is 0 Å². The molecule has 1 saturated carbocycles. The van der Waals surface area contributed by atoms with Crippen LogP contribution in [0.3, 0.4) is 0 Å². The van der Waals surface area contributed by atoms with Crippen molar-refractivity contribution in [3.63, 3.8) is 0 Å². The molecule has 1 fully saturated rings. The van der Waals surface area contributed by atoms with Gasteiger partial charge in [0.15, 0.2) is 23.0 Å². The Balaban J connectivity index is 1.28. The summed E-state index contributed by atoms with van der Waals surface area (Å²) in [5.41, 5.74) is 13.8. The minimum absolute atomic E-state index is 0.0277. The zero-order valence-electron chi connectivity index (χ0n) is 25.3. The van der Waals surface area contributed by atoms with Gasteiger partial charge in [0.25, 0.3) is 5.91 Å². The monoisotopic (exact) mass is 620 g/mol. The van der Waals surface area contributed by atoms with E-state index in [1.54, 1.807) is 22.7 Å². The van der Waals surface area contributed by atoms with Crippen LogP contribution in [-0.2, 0) is 11.2 Å². The molecule has 0 aliphatic heterocycles. The summed E-state index contributed by atoms with van der Waals surface area (Å²) in [4.78, 5) is 34.6. The normalized spacial score (nSPS) is 14.2. The van der Waals surface area contributed by atoms with Crippen LogP contribution in [0.5, 0.6) is 5.75 Å². The lowest BCUT2D eigenvalue weighted by Crippen LogP contribution is -2.49. The summed E-state index contributed by atoms with van der Waals surface area (Å²) in [6.45, 7) is 2.84. The fraction of sp³-hybridized carbons (Fsp3) is 0.375. The molecule has 13 heteroatoms. The van der Waals surface area contributed by atoms with Gasteiger partial charge in [-0.1, -0.05) is 13.3 Å². The van der Waals surface area contributed by atoms with Crippen LogP contribution in [0, 0.1) is 11.6 Å². The molecule has 2 aromatic heterocycles. The number of hydrogen-bond donors (Lipinski definition) is 5. The van der Waals surface area contributed by atoms with Crippen molar-refractivity contribution in [1.82, 2.24) is 25.0 Å². The maximum atomic E-state index is 14.9. The molecule has 0 saturated heterocycles. The highest BCUT2D eigenvalue weighted by atomic mass is 19.2. The lowest BCUT2D eigenvalue weighted by Gasteiger charge is -2.21. The van der Waals surface area contributed by atoms with Crippen LogP contribution in [0.1, 0.15) is 54.9 Å². The highest BCUT2D eigenvalue weighted by Gasteiger charge is 2.44. The summed E-state index contributed by atoms with van der Waals surface area (Å²) in [6, 6.07) is 7.57. The van der Waals surface area contributed by atoms with Gasteiger partial charge in [-0.2, -0.15) is 4.39 Å². The summed E-state index contributed by atoms with van der Waals surface area (Å²) < 4.78 is 35.8. The van der Waals surface area contributed by atoms with Gasteiger partial charge in [-0.25, -0.2) is 14.4 Å². The van der Waals surface area contributed by atoms with E-state index >= 15 is 0 Å². The molecule has 0 spiro atoms. The lowest BCUT2D eigenvalue weighted by molar-refractivity contribution is -0.122. The number of nitrogens with two attached hydrogens (primary N) is 2. The zero-order valence-corrected chi connectivity index (χ0v) is 25.3. The van der Waals surface area contributed by atoms with E-state index in [1.165, 1.54) is 31.6 Å². The quantitative estimate of drug-likeness (QED) is 0.133. The lowest BCUT2D eigenvalue weighted by atomic mass is 10.0. The van der Waals surface area contributed by atoms with Crippen molar-refractivity contribution in [1.29, 1.82) is 0 Å². The average Bonchev–Trinajstić information content (AvgIpc) is 3.67. The number of methoxy groups -OCH3 is 1. The van der Waals surface area contributed by atoms with E-state index in [0.717, 1.165) is 31.2 Å². The Bertz CT molecular complexity index is 1710. The van der Waals surface area contributed by atoms with E-state index in [2.05, 4.69) is 25.9 Å². The molecule has 5 rings (SSSR count). The second-order valence-electron chi connectivity index (χ2n) is 11.2. The molecule has 1 aliphatic rings. The second-order valence-corrected chi connectivity index (χ2v) is 11.2. The van der Waals surface area contributed by atoms with E-state index in [-0.39, 0.29) is 23.1 Å². The topological polar surface area (TPSA) is 162 Å². The second kappa shape index (κ2) is 13.6. The number of aromatic nitrogens is 3. The predicted molar refractivity (Wildman–Crippen MR) is 167 cm³/mol. The number of aryl methyl sites for hydroxylation is 1. The van der Waals surface area contributed by atoms with E-state index < -0.39 is 23.2 Å². The number of carbonyl (C=O) groups is 2. The van der Waals surface area contributed by atoms with Gasteiger partial charge >= 0.3 is 0 Å². The molecule has 238 valence electrons. The Labute approximate surface area is 259 Å². The SMILES string of the molecule is CCc1cc(Nc2nccn3c(-c4ccc(OC)c(F)c4F)cnc23)ccc1C(=O)NC1(CNC(=O)C(N)CCCCN)CC1. The van der Waals surface area contributed by atoms with Crippen LogP contribution >= 0.6 is 0 Å². The fourth-order valence-electron chi connectivity index (χ4n) is 5.25. The first kappa shape index (κ1) is 31.8. The molecule has 0 bridgehead atoms. The van der Waals surface area contributed by atoms with Crippen molar-refractivity contribution < 1.29 is 23.1 Å². The van der Waals surface area contributed by atoms with Crippen molar-refractivity contribution in [2.45, 2.75) is 57.0 Å². The molecule has 1 atom stereocenters. The minimum Gasteiger partial charge on any atom is -0.494 e. The van der Waals surface area contributed by atoms with Gasteiger partial charge < -0.3 is 32.2 Å². The standard InChI is InChI=1S/C32H38F2N8O3/c1-3-19-16-20(7-8-21(19)30(43)41-32(11-12-32)18-39-31(44)23(36)6-4-5-13-35)40-28-29-38-17-24(42(29)15-14-37-28)22-9-10-25(45-2)27(34)26(22)33/h7-10,14-17,23H,3-6,11-13,18,35-36H2,1-2H3,(H,37,40)(H,39,44)(H,41,43). The molecule has 2 heterocycles. The number of rotatable bonds is 14. The Morgan fingerprint density at radius 2 is 1.93 bits per heavy atom. The van der Waals surface area contributed by atoms with Crippen LogP contribution in [0.25, 0.3) is 16.9 Å². The Hall–Kier alpha value is -4.62. The number of imidazole rings is 1. The van der Waals surface area contributed by atoms with Crippen LogP contribution in [0.15, 0.2) is 48.9 Å². The fourth-order valence-corrected chi connectivity index (χ4v) is 5.25. The van der Waals surface area contributed by atoms with Crippen LogP contribution < -0.4 is 32.2 Å². The molecule has 0 radical (unpaired) electrons. The maximum absolute atomic E-state index is 14.9. The molecule has 2 aromatic carbocycles. The molecule has 11 nitrogen and oxygen atoms in total. The summed E-state index contributed by atoms with van der Waals surface area (Å²) in [5.74, 6) is -2.36. The van der Waals surface area contributed by atoms with Crippen molar-refractivity contribution in [3.05, 3.63) is 71.7 Å². The number of halogens is 2. The molecular formula is C32H38F2N8O3. The summed E-state index contributed by atoms with van der Waals surface area (Å²) in [6.07, 6.45) is 8.88. The molecule has 1 aliphatic carbocycles. The summed E-state index contributed by atoms with van der Waals surface area (Å²) >= 11 is 0. The first-order chi connectivity index (χ1) is 21.7. The average molecular weight is 621 g/mol. The van der Waals surface area contributed by atoms with Gasteiger partial charge in [0.05, 0.1) is 30.6 Å². The first-order valence-corrected chi connectivity index (χ1v) is 15.0. The maximum Gasteiger partial charge on any atom is 0.252 e. The van der Waals surface area contributed by atoms with Gasteiger partial charge in [-0.3, -0.25) is 14.0 Å². The van der Waals surface area contributed by atoms with Gasteiger partial charge in [-0.15, -0.1) is 0 Å². The van der Waals surface area contributed by atoms with E-state index in [0.29, 0.717) is 54.3 Å². The van der Waals surface area contributed by atoms with Crippen LogP contribution in [0.4, 0.5) is 20.3 Å². The van der Waals surface area contributed by atoms with E-state index in [1.807, 2.05) is 13.0 Å². The molecule has 45 heavy (non-hydrogen) atoms. The molecule has 2 amide bonds. The highest BCUT2D eigenvalue weighted by Crippen LogP contribution is 2.36. The number of anilines is 2. The number of ether oxygens (including phenoxy) is 1. The highest BCUT2D eigenvalue weighted by molar-refractivity contribution is 5.97. The largest absolute Gasteiger partial charge is 0.494 e. The van der Waals surface area contributed by atoms with Crippen LogP contribution in [0.2, 0.25) is 0 Å². The van der Waals surface area contributed by atoms with Gasteiger partial charge in [0, 0.05) is 35.8 Å². The molecule has 7 N–H and O–H groups in total. The first-order valence-electron chi connectivity index (χ1n) is 15.0. The third-order valence-electron chi connectivity index (χ3n) is 8.10. The van der Waals surface area contributed by atoms with Gasteiger partial charge in [0.2, 0.25) is 11.7 Å². The van der Waals surface area contributed by atoms with Crippen molar-refractivity contribution in [2.24, 2.45) is 11.5 Å². The Morgan fingerprint density at radius 3 is 2.64 bits per heavy atom. The zero-order chi connectivity index (χ0) is 32.1. The number of nitrogens with one attached hydrogen (secondary N) is 3. The number of carbonyl (C=O) groups excluding carboxylic acids is 2. The smallest absolute Gasteiger partial charge is 0.252 e. The van der Waals surface area contributed by atoms with Crippen LogP contribution in [-0.4, -0.2) is 58.0 Å². The number of fused-ring (bicyclic) bond motifs is 1. The number of nitrogens with zero attached hydrogens (tertiary/aromatic N) is 3. The van der Waals surface area contributed by atoms with Crippen molar-refractivity contribution in [2.75, 3.05) is 25.5 Å². The summed E-state index contributed by atoms with van der Waals surface area (Å²) in [5, 5.41) is 9.24. The van der Waals surface area contributed by atoms with E-state index in [4.69, 9.17) is 16.2 Å². The summed E-state index contributed by atoms with van der Waals surface area (Å²) in [7, 11) is 1.27. The van der Waals surface area contributed by atoms with Gasteiger partial charge in [-0.05, 0) is 74.5 Å². The Morgan fingerprint density at radius 1 is 1.13 bits per heavy atom. The third-order valence-corrected chi connectivity index (χ3v) is 8.10. The number of hydrogen-bond acceptors (Lipinski definition) is 8. The number of unbranched alkanes of at least 4 members (excludes halogenated alkanes) is 1. The number of benzene rings is 2. The van der Waals surface area contributed by atoms with E-state index in [9.17, 15) is 18.4 Å². The van der Waals surface area contributed by atoms with Crippen molar-refractivity contribution >= 4 is 29.0 Å². The molecule has 1 unspecified atom stereocenters. The molecular weight excluding hydrogens is 582 g/mol. The Kier molecular flexibility index (Phi) is 9.59. The minimum atomic E-state index is -1.08. The molecule has 4 aromatic rings. The third kappa shape index (κ3) is 6.89. The van der Waals surface area contributed by atoms with Crippen molar-refractivity contribution in [3.8, 4) is 17.0 Å².